The lowest BCUT2D eigenvalue weighted by molar-refractivity contribution is -0.136. The van der Waals surface area contributed by atoms with Crippen molar-refractivity contribution >= 4 is 24.2 Å². The molecule has 4 rings (SSSR count). The summed E-state index contributed by atoms with van der Waals surface area (Å²) < 4.78 is 14.8. The van der Waals surface area contributed by atoms with E-state index in [2.05, 4.69) is 15.7 Å². The third kappa shape index (κ3) is 4.82. The number of carbonyl (C=O) groups excluding carboxylic acids is 2. The van der Waals surface area contributed by atoms with Crippen molar-refractivity contribution < 1.29 is 14.0 Å². The van der Waals surface area contributed by atoms with Gasteiger partial charge < -0.3 is 15.5 Å². The minimum atomic E-state index is -0.362. The summed E-state index contributed by atoms with van der Waals surface area (Å²) in [5.74, 6) is -0.324. The Morgan fingerprint density at radius 1 is 1.17 bits per heavy atom. The number of aromatic nitrogens is 2. The Morgan fingerprint density at radius 3 is 2.50 bits per heavy atom. The molecule has 0 spiro atoms. The largest absolute Gasteiger partial charge is 0.349 e. The van der Waals surface area contributed by atoms with Gasteiger partial charge in [-0.05, 0) is 42.7 Å². The molecule has 0 radical (unpaired) electrons. The number of hydrogen-bond acceptors (Lipinski definition) is 4. The Labute approximate surface area is 181 Å². The number of rotatable bonds is 4. The van der Waals surface area contributed by atoms with Crippen LogP contribution in [0.15, 0.2) is 36.7 Å². The minimum Gasteiger partial charge on any atom is -0.349 e. The summed E-state index contributed by atoms with van der Waals surface area (Å²) >= 11 is 0. The van der Waals surface area contributed by atoms with Gasteiger partial charge >= 0.3 is 0 Å². The molecule has 0 saturated carbocycles. The highest BCUT2D eigenvalue weighted by Crippen LogP contribution is 2.30. The summed E-state index contributed by atoms with van der Waals surface area (Å²) in [5.41, 5.74) is 1.54. The second kappa shape index (κ2) is 9.57. The molecule has 2 saturated heterocycles. The molecule has 2 amide bonds. The number of aryl methyl sites for hydroxylation is 1. The highest BCUT2D eigenvalue weighted by atomic mass is 35.5. The maximum atomic E-state index is 13.1. The standard InChI is InChI=1S/C21H26FN5O2.ClH/c1-26-13-15(10-24-26)18-11-23-12-19(18)21(29)27-8-6-17(7-9-27)25-20(28)14-2-4-16(22)5-3-14;/h2-5,10,13,17-19,23H,6-9,11-12H2,1H3,(H,25,28);1H/t18-,19+;/m1./s1. The Bertz CT molecular complexity index is 880. The summed E-state index contributed by atoms with van der Waals surface area (Å²) in [4.78, 5) is 27.3. The van der Waals surface area contributed by atoms with Gasteiger partial charge in [0.05, 0.1) is 12.1 Å². The van der Waals surface area contributed by atoms with Crippen molar-refractivity contribution in [3.63, 3.8) is 0 Å². The van der Waals surface area contributed by atoms with Crippen molar-refractivity contribution in [1.29, 1.82) is 0 Å². The predicted octanol–water partition coefficient (Wildman–Crippen LogP) is 1.70. The van der Waals surface area contributed by atoms with E-state index in [-0.39, 0.29) is 47.9 Å². The summed E-state index contributed by atoms with van der Waals surface area (Å²) in [6, 6.07) is 5.55. The maximum Gasteiger partial charge on any atom is 0.251 e. The van der Waals surface area contributed by atoms with Crippen molar-refractivity contribution in [3.8, 4) is 0 Å². The van der Waals surface area contributed by atoms with Crippen LogP contribution in [-0.4, -0.2) is 58.7 Å². The second-order valence-electron chi connectivity index (χ2n) is 7.90. The molecule has 1 aromatic heterocycles. The van der Waals surface area contributed by atoms with Crippen LogP contribution >= 0.6 is 12.4 Å². The number of halogens is 2. The van der Waals surface area contributed by atoms with Crippen LogP contribution in [0.25, 0.3) is 0 Å². The van der Waals surface area contributed by atoms with E-state index < -0.39 is 0 Å². The molecule has 30 heavy (non-hydrogen) atoms. The molecule has 162 valence electrons. The average molecular weight is 436 g/mol. The second-order valence-corrected chi connectivity index (χ2v) is 7.90. The first kappa shape index (κ1) is 22.2. The van der Waals surface area contributed by atoms with Crippen molar-refractivity contribution in [1.82, 2.24) is 25.3 Å². The molecule has 2 N–H and O–H groups in total. The topological polar surface area (TPSA) is 79.3 Å². The van der Waals surface area contributed by atoms with E-state index in [9.17, 15) is 14.0 Å². The first-order valence-corrected chi connectivity index (χ1v) is 10.1. The van der Waals surface area contributed by atoms with E-state index in [4.69, 9.17) is 0 Å². The van der Waals surface area contributed by atoms with E-state index >= 15 is 0 Å². The number of nitrogens with zero attached hydrogens (tertiary/aromatic N) is 3. The maximum absolute atomic E-state index is 13.1. The fraction of sp³-hybridized carbons (Fsp3) is 0.476. The average Bonchev–Trinajstić information content (AvgIpc) is 3.37. The fourth-order valence-electron chi connectivity index (χ4n) is 4.27. The van der Waals surface area contributed by atoms with Gasteiger partial charge in [-0.2, -0.15) is 5.10 Å². The van der Waals surface area contributed by atoms with E-state index in [1.807, 2.05) is 24.3 Å². The van der Waals surface area contributed by atoms with Gasteiger partial charge in [0.1, 0.15) is 5.82 Å². The van der Waals surface area contributed by atoms with Crippen LogP contribution in [-0.2, 0) is 11.8 Å². The third-order valence-corrected chi connectivity index (χ3v) is 5.93. The molecule has 2 aliphatic heterocycles. The van der Waals surface area contributed by atoms with Crippen molar-refractivity contribution in [2.75, 3.05) is 26.2 Å². The monoisotopic (exact) mass is 435 g/mol. The molecule has 0 aliphatic carbocycles. The molecule has 2 aliphatic rings. The third-order valence-electron chi connectivity index (χ3n) is 5.93. The molecular weight excluding hydrogens is 409 g/mol. The van der Waals surface area contributed by atoms with E-state index in [0.29, 0.717) is 25.2 Å². The van der Waals surface area contributed by atoms with E-state index in [1.54, 1.807) is 4.68 Å². The van der Waals surface area contributed by atoms with Crippen LogP contribution in [0.4, 0.5) is 4.39 Å². The minimum absolute atomic E-state index is 0. The quantitative estimate of drug-likeness (QED) is 0.766. The molecule has 7 nitrogen and oxygen atoms in total. The molecule has 0 unspecified atom stereocenters. The lowest BCUT2D eigenvalue weighted by Gasteiger charge is -2.34. The zero-order valence-electron chi connectivity index (χ0n) is 16.9. The SMILES string of the molecule is Cl.Cn1cc([C@H]2CNC[C@@H]2C(=O)N2CCC(NC(=O)c3ccc(F)cc3)CC2)cn1. The van der Waals surface area contributed by atoms with E-state index in [0.717, 1.165) is 24.9 Å². The normalized spacial score (nSPS) is 21.9. The van der Waals surface area contributed by atoms with Gasteiger partial charge in [0.15, 0.2) is 0 Å². The van der Waals surface area contributed by atoms with Crippen LogP contribution in [0, 0.1) is 11.7 Å². The fourth-order valence-corrected chi connectivity index (χ4v) is 4.27. The van der Waals surface area contributed by atoms with Crippen LogP contribution in [0.2, 0.25) is 0 Å². The lowest BCUT2D eigenvalue weighted by atomic mass is 9.89. The lowest BCUT2D eigenvalue weighted by Crippen LogP contribution is -2.48. The van der Waals surface area contributed by atoms with Crippen molar-refractivity contribution in [3.05, 3.63) is 53.6 Å². The molecule has 1 aromatic carbocycles. The number of nitrogens with one attached hydrogen (secondary N) is 2. The number of benzene rings is 1. The Kier molecular flexibility index (Phi) is 7.10. The smallest absolute Gasteiger partial charge is 0.251 e. The molecule has 9 heteroatoms. The number of piperidine rings is 1. The van der Waals surface area contributed by atoms with Crippen molar-refractivity contribution in [2.45, 2.75) is 24.8 Å². The number of hydrogen-bond donors (Lipinski definition) is 2. The molecule has 3 heterocycles. The summed E-state index contributed by atoms with van der Waals surface area (Å²) in [5, 5.41) is 10.6. The van der Waals surface area contributed by atoms with Crippen LogP contribution in [0.5, 0.6) is 0 Å². The van der Waals surface area contributed by atoms with Gasteiger partial charge in [0.25, 0.3) is 5.91 Å². The number of amides is 2. The van der Waals surface area contributed by atoms with Crippen molar-refractivity contribution in [2.24, 2.45) is 13.0 Å². The molecule has 2 atom stereocenters. The highest BCUT2D eigenvalue weighted by molar-refractivity contribution is 5.94. The Hall–Kier alpha value is -2.45. The Morgan fingerprint density at radius 2 is 1.87 bits per heavy atom. The number of carbonyl (C=O) groups is 2. The molecule has 2 fully saturated rings. The summed E-state index contributed by atoms with van der Waals surface area (Å²) in [7, 11) is 1.88. The molecule has 2 aromatic rings. The summed E-state index contributed by atoms with van der Waals surface area (Å²) in [6.07, 6.45) is 5.26. The van der Waals surface area contributed by atoms with Crippen LogP contribution in [0.1, 0.15) is 34.7 Å². The first-order valence-electron chi connectivity index (χ1n) is 10.1. The van der Waals surface area contributed by atoms with Gasteiger partial charge in [0, 0.05) is 56.9 Å². The van der Waals surface area contributed by atoms with Crippen LogP contribution in [0.3, 0.4) is 0 Å². The van der Waals surface area contributed by atoms with Gasteiger partial charge in [0.2, 0.25) is 5.91 Å². The highest BCUT2D eigenvalue weighted by Gasteiger charge is 2.38. The zero-order valence-corrected chi connectivity index (χ0v) is 17.7. The summed E-state index contributed by atoms with van der Waals surface area (Å²) in [6.45, 7) is 2.72. The molecular formula is C21H27ClFN5O2. The van der Waals surface area contributed by atoms with Gasteiger partial charge in [-0.1, -0.05) is 0 Å². The van der Waals surface area contributed by atoms with Crippen LogP contribution < -0.4 is 10.6 Å². The van der Waals surface area contributed by atoms with Gasteiger partial charge in [-0.15, -0.1) is 12.4 Å². The Balaban J connectivity index is 0.00000256. The van der Waals surface area contributed by atoms with E-state index in [1.165, 1.54) is 24.3 Å². The zero-order chi connectivity index (χ0) is 20.4. The number of likely N-dealkylation sites (tertiary alicyclic amines) is 1. The van der Waals surface area contributed by atoms with Gasteiger partial charge in [-0.25, -0.2) is 4.39 Å². The van der Waals surface area contributed by atoms with Gasteiger partial charge in [-0.3, -0.25) is 14.3 Å². The first-order chi connectivity index (χ1) is 14.0. The molecule has 0 bridgehead atoms. The predicted molar refractivity (Wildman–Crippen MR) is 113 cm³/mol.